The highest BCUT2D eigenvalue weighted by molar-refractivity contribution is 7.98. The average Bonchev–Trinajstić information content (AvgIpc) is 3.60. The maximum atomic E-state index is 11.8. The molecule has 2 heterocycles. The molecule has 0 aromatic carbocycles. The number of thioether (sulfide) groups is 1. The molecule has 5 rings (SSSR count). The van der Waals surface area contributed by atoms with Crippen molar-refractivity contribution in [3.05, 3.63) is 11.1 Å². The molecule has 0 aromatic rings. The highest BCUT2D eigenvalue weighted by Gasteiger charge is 2.94. The van der Waals surface area contributed by atoms with Crippen LogP contribution < -0.4 is 0 Å². The molecule has 4 fully saturated rings. The minimum atomic E-state index is -0.970. The molecule has 8 atom stereocenters. The fraction of sp³-hybridized carbons (Fsp3) is 0.870. The van der Waals surface area contributed by atoms with Gasteiger partial charge in [-0.1, -0.05) is 26.3 Å². The Morgan fingerprint density at radius 1 is 1.33 bits per heavy atom. The summed E-state index contributed by atoms with van der Waals surface area (Å²) < 4.78 is 24.8. The maximum Gasteiger partial charge on any atom is 0.293 e. The number of epoxide rings is 2. The fourth-order valence-corrected chi connectivity index (χ4v) is 7.71. The van der Waals surface area contributed by atoms with Gasteiger partial charge in [0.2, 0.25) is 0 Å². The molecular formula is C23H34O6S. The second kappa shape index (κ2) is 6.70. The number of carbonyl (C=O) groups excluding carboxylic acids is 1. The molecule has 168 valence electrons. The molecule has 2 spiro atoms. The van der Waals surface area contributed by atoms with Gasteiger partial charge in [-0.15, -0.1) is 11.8 Å². The van der Waals surface area contributed by atoms with Crippen LogP contribution in [0, 0.1) is 17.3 Å². The second-order valence-corrected chi connectivity index (χ2v) is 11.3. The Labute approximate surface area is 183 Å². The summed E-state index contributed by atoms with van der Waals surface area (Å²) >= 11 is 1.62. The van der Waals surface area contributed by atoms with Gasteiger partial charge < -0.3 is 24.1 Å². The molecule has 0 aromatic heterocycles. The number of rotatable bonds is 7. The van der Waals surface area contributed by atoms with E-state index in [1.165, 1.54) is 11.1 Å². The van der Waals surface area contributed by atoms with Gasteiger partial charge in [-0.2, -0.15) is 0 Å². The van der Waals surface area contributed by atoms with Crippen LogP contribution in [0.4, 0.5) is 0 Å². The predicted octanol–water partition coefficient (Wildman–Crippen LogP) is 3.07. The van der Waals surface area contributed by atoms with Gasteiger partial charge in [0, 0.05) is 11.8 Å². The lowest BCUT2D eigenvalue weighted by atomic mass is 9.46. The van der Waals surface area contributed by atoms with Crippen LogP contribution in [0.5, 0.6) is 0 Å². The molecule has 3 aliphatic carbocycles. The molecule has 0 radical (unpaired) electrons. The van der Waals surface area contributed by atoms with Crippen molar-refractivity contribution in [1.82, 2.24) is 0 Å². The summed E-state index contributed by atoms with van der Waals surface area (Å²) in [5.41, 5.74) is 0.427. The van der Waals surface area contributed by atoms with Crippen molar-refractivity contribution in [2.75, 3.05) is 18.8 Å². The predicted molar refractivity (Wildman–Crippen MR) is 113 cm³/mol. The smallest absolute Gasteiger partial charge is 0.293 e. The zero-order valence-corrected chi connectivity index (χ0v) is 19.4. The summed E-state index contributed by atoms with van der Waals surface area (Å²) in [5.74, 6) is 0.820. The first-order valence-electron chi connectivity index (χ1n) is 11.1. The van der Waals surface area contributed by atoms with Gasteiger partial charge in [-0.05, 0) is 49.9 Å². The first-order chi connectivity index (χ1) is 14.2. The maximum absolute atomic E-state index is 11.8. The van der Waals surface area contributed by atoms with E-state index in [-0.39, 0.29) is 29.5 Å². The summed E-state index contributed by atoms with van der Waals surface area (Å²) in [4.78, 5) is 10.9. The van der Waals surface area contributed by atoms with E-state index in [2.05, 4.69) is 27.7 Å². The van der Waals surface area contributed by atoms with Crippen molar-refractivity contribution in [2.24, 2.45) is 17.3 Å². The molecule has 30 heavy (non-hydrogen) atoms. The topological polar surface area (TPSA) is 80.8 Å². The molecule has 2 aliphatic heterocycles. The van der Waals surface area contributed by atoms with E-state index in [0.29, 0.717) is 25.4 Å². The number of carbonyl (C=O) groups is 1. The van der Waals surface area contributed by atoms with Crippen LogP contribution in [0.2, 0.25) is 0 Å². The first kappa shape index (κ1) is 21.3. The van der Waals surface area contributed by atoms with Gasteiger partial charge in [0.25, 0.3) is 6.47 Å². The molecule has 0 amide bonds. The van der Waals surface area contributed by atoms with Crippen molar-refractivity contribution >= 4 is 18.2 Å². The Hall–Kier alpha value is -0.600. The molecule has 2 saturated carbocycles. The number of allylic oxidation sites excluding steroid dienone is 1. The SMILES string of the molecule is CSCOC1C(O)(C(C)C)CC2OC23C2(C)CCC(C)=C(COC=O)C2CC2OC213. The van der Waals surface area contributed by atoms with Crippen LogP contribution in [0.15, 0.2) is 11.1 Å². The third-order valence-electron chi connectivity index (χ3n) is 9.13. The Morgan fingerprint density at radius 2 is 2.10 bits per heavy atom. The monoisotopic (exact) mass is 438 g/mol. The Kier molecular flexibility index (Phi) is 4.75. The van der Waals surface area contributed by atoms with E-state index < -0.39 is 22.9 Å². The summed E-state index contributed by atoms with van der Waals surface area (Å²) in [5, 5.41) is 11.8. The number of aliphatic hydroxyl groups is 1. The van der Waals surface area contributed by atoms with E-state index in [1.54, 1.807) is 11.8 Å². The normalized spacial score (nSPS) is 50.9. The molecule has 0 bridgehead atoms. The van der Waals surface area contributed by atoms with Crippen LogP contribution in [0.25, 0.3) is 0 Å². The highest BCUT2D eigenvalue weighted by atomic mass is 32.2. The summed E-state index contributed by atoms with van der Waals surface area (Å²) in [6.45, 7) is 9.50. The Balaban J connectivity index is 1.57. The van der Waals surface area contributed by atoms with Crippen LogP contribution >= 0.6 is 11.8 Å². The zero-order chi connectivity index (χ0) is 21.5. The fourth-order valence-electron chi connectivity index (χ4n) is 7.44. The van der Waals surface area contributed by atoms with E-state index in [0.717, 1.165) is 19.3 Å². The largest absolute Gasteiger partial charge is 0.463 e. The van der Waals surface area contributed by atoms with Gasteiger partial charge in [-0.3, -0.25) is 4.79 Å². The Bertz CT molecular complexity index is 784. The lowest BCUT2D eigenvalue weighted by Gasteiger charge is -2.57. The van der Waals surface area contributed by atoms with Crippen molar-refractivity contribution < 1.29 is 28.8 Å². The minimum Gasteiger partial charge on any atom is -0.463 e. The number of hydrogen-bond donors (Lipinski definition) is 1. The molecule has 8 unspecified atom stereocenters. The minimum absolute atomic E-state index is 0.00450. The van der Waals surface area contributed by atoms with Gasteiger partial charge in [0.15, 0.2) is 5.60 Å². The van der Waals surface area contributed by atoms with Crippen molar-refractivity contribution in [3.63, 3.8) is 0 Å². The van der Waals surface area contributed by atoms with E-state index in [1.807, 2.05) is 6.26 Å². The third-order valence-corrected chi connectivity index (χ3v) is 9.51. The van der Waals surface area contributed by atoms with Gasteiger partial charge >= 0.3 is 0 Å². The average molecular weight is 439 g/mol. The van der Waals surface area contributed by atoms with E-state index in [4.69, 9.17) is 18.9 Å². The van der Waals surface area contributed by atoms with Crippen molar-refractivity contribution in [2.45, 2.75) is 88.5 Å². The molecule has 7 heteroatoms. The quantitative estimate of drug-likeness (QED) is 0.283. The van der Waals surface area contributed by atoms with Crippen LogP contribution in [0.1, 0.15) is 53.4 Å². The number of ether oxygens (including phenoxy) is 4. The van der Waals surface area contributed by atoms with E-state index >= 15 is 0 Å². The standard InChI is InChI=1S/C23H34O6S/c1-13(2)21(25)9-18-23(29-18)20(4)7-6-14(3)15(10-26-11-24)16(20)8-17-22(23,28-17)19(21)27-12-30-5/h11,13,16-19,25H,6-10,12H2,1-5H3. The molecule has 1 N–H and O–H groups in total. The summed E-state index contributed by atoms with van der Waals surface area (Å²) in [7, 11) is 0. The number of hydrogen-bond acceptors (Lipinski definition) is 7. The highest BCUT2D eigenvalue weighted by Crippen LogP contribution is 2.80. The lowest BCUT2D eigenvalue weighted by Crippen LogP contribution is -2.72. The zero-order valence-electron chi connectivity index (χ0n) is 18.6. The third kappa shape index (κ3) is 2.34. The Morgan fingerprint density at radius 3 is 2.77 bits per heavy atom. The summed E-state index contributed by atoms with van der Waals surface area (Å²) in [6, 6.07) is 0. The van der Waals surface area contributed by atoms with Crippen LogP contribution in [-0.2, 0) is 23.7 Å². The van der Waals surface area contributed by atoms with Crippen molar-refractivity contribution in [1.29, 1.82) is 0 Å². The van der Waals surface area contributed by atoms with E-state index in [9.17, 15) is 9.90 Å². The van der Waals surface area contributed by atoms with Crippen LogP contribution in [-0.4, -0.2) is 65.5 Å². The second-order valence-electron chi connectivity index (χ2n) is 10.5. The first-order valence-corrected chi connectivity index (χ1v) is 12.5. The van der Waals surface area contributed by atoms with Crippen LogP contribution in [0.3, 0.4) is 0 Å². The molecular weight excluding hydrogens is 404 g/mol. The molecule has 5 aliphatic rings. The van der Waals surface area contributed by atoms with Gasteiger partial charge in [0.1, 0.15) is 18.3 Å². The molecule has 6 nitrogen and oxygen atoms in total. The molecule has 2 saturated heterocycles. The number of fused-ring (bicyclic) bond motifs is 1. The summed E-state index contributed by atoms with van der Waals surface area (Å²) in [6.07, 6.45) is 4.99. The van der Waals surface area contributed by atoms with Gasteiger partial charge in [-0.25, -0.2) is 0 Å². The van der Waals surface area contributed by atoms with Crippen molar-refractivity contribution in [3.8, 4) is 0 Å². The van der Waals surface area contributed by atoms with Gasteiger partial charge in [0.05, 0.1) is 23.7 Å². The lowest BCUT2D eigenvalue weighted by molar-refractivity contribution is -0.194.